The van der Waals surface area contributed by atoms with Gasteiger partial charge in [-0.3, -0.25) is 0 Å². The number of fused-ring (bicyclic) bond motifs is 1. The molecule has 0 aromatic heterocycles. The predicted molar refractivity (Wildman–Crippen MR) is 61.2 cm³/mol. The minimum absolute atomic E-state index is 0.221. The van der Waals surface area contributed by atoms with Gasteiger partial charge in [0.15, 0.2) is 9.84 Å². The molecule has 0 amide bonds. The molecule has 0 fully saturated rings. The molecule has 1 aliphatic rings. The minimum Gasteiger partial charge on any atom is -0.373 e. The molecule has 0 saturated carbocycles. The van der Waals surface area contributed by atoms with Crippen LogP contribution in [0.3, 0.4) is 0 Å². The average molecular weight is 225 g/mol. The number of nitrogens with zero attached hydrogens (tertiary/aromatic N) is 1. The smallest absolute Gasteiger partial charge is 0.182 e. The number of benzene rings is 1. The van der Waals surface area contributed by atoms with Gasteiger partial charge in [0, 0.05) is 13.6 Å². The molecule has 1 heterocycles. The van der Waals surface area contributed by atoms with E-state index in [1.54, 1.807) is 6.07 Å². The summed E-state index contributed by atoms with van der Waals surface area (Å²) in [6, 6.07) is 3.75. The average Bonchev–Trinajstić information content (AvgIpc) is 2.16. The summed E-state index contributed by atoms with van der Waals surface area (Å²) in [5.74, 6) is 0.221. The van der Waals surface area contributed by atoms with Gasteiger partial charge in [-0.15, -0.1) is 0 Å². The van der Waals surface area contributed by atoms with Crippen LogP contribution in [-0.2, 0) is 9.84 Å². The molecule has 0 radical (unpaired) electrons. The van der Waals surface area contributed by atoms with Gasteiger partial charge in [-0.05, 0) is 37.1 Å². The van der Waals surface area contributed by atoms with E-state index in [1.807, 2.05) is 31.9 Å². The Kier molecular flexibility index (Phi) is 2.26. The largest absolute Gasteiger partial charge is 0.373 e. The third kappa shape index (κ3) is 1.63. The normalized spacial score (nSPS) is 18.7. The molecular formula is C11H15NO2S. The Morgan fingerprint density at radius 3 is 2.47 bits per heavy atom. The molecule has 3 nitrogen and oxygen atoms in total. The van der Waals surface area contributed by atoms with E-state index in [2.05, 4.69) is 0 Å². The lowest BCUT2D eigenvalue weighted by atomic mass is 10.1. The van der Waals surface area contributed by atoms with Crippen molar-refractivity contribution >= 4 is 15.5 Å². The molecule has 0 N–H and O–H groups in total. The van der Waals surface area contributed by atoms with Crippen molar-refractivity contribution in [2.24, 2.45) is 0 Å². The van der Waals surface area contributed by atoms with Crippen molar-refractivity contribution in [3.05, 3.63) is 23.3 Å². The van der Waals surface area contributed by atoms with Crippen LogP contribution in [0.5, 0.6) is 0 Å². The number of rotatable bonds is 0. The van der Waals surface area contributed by atoms with Crippen molar-refractivity contribution in [3.8, 4) is 0 Å². The van der Waals surface area contributed by atoms with Crippen LogP contribution < -0.4 is 4.90 Å². The summed E-state index contributed by atoms with van der Waals surface area (Å²) in [7, 11) is -1.12. The molecule has 0 unspecified atom stereocenters. The molecule has 1 aromatic carbocycles. The molecule has 4 heteroatoms. The van der Waals surface area contributed by atoms with Crippen molar-refractivity contribution in [2.75, 3.05) is 24.2 Å². The molecule has 1 aliphatic heterocycles. The lowest BCUT2D eigenvalue weighted by molar-refractivity contribution is 0.591. The number of sulfone groups is 1. The number of hydrogen-bond donors (Lipinski definition) is 0. The van der Waals surface area contributed by atoms with E-state index in [0.717, 1.165) is 16.8 Å². The van der Waals surface area contributed by atoms with E-state index in [1.165, 1.54) is 0 Å². The van der Waals surface area contributed by atoms with Gasteiger partial charge in [-0.1, -0.05) is 0 Å². The van der Waals surface area contributed by atoms with Gasteiger partial charge in [0.1, 0.15) is 0 Å². The molecule has 15 heavy (non-hydrogen) atoms. The van der Waals surface area contributed by atoms with E-state index in [4.69, 9.17) is 0 Å². The standard InChI is InChI=1S/C11H15NO2S/c1-8-6-10-11(7-9(8)2)15(13,14)5-4-12(10)3/h6-7H,4-5H2,1-3H3. The number of anilines is 1. The Hall–Kier alpha value is -1.03. The first kappa shape index (κ1) is 10.5. The van der Waals surface area contributed by atoms with Crippen LogP contribution in [0.2, 0.25) is 0 Å². The minimum atomic E-state index is -3.06. The summed E-state index contributed by atoms with van der Waals surface area (Å²) >= 11 is 0. The molecular weight excluding hydrogens is 210 g/mol. The van der Waals surface area contributed by atoms with Crippen LogP contribution in [0.1, 0.15) is 11.1 Å². The summed E-state index contributed by atoms with van der Waals surface area (Å²) in [6.45, 7) is 4.53. The van der Waals surface area contributed by atoms with E-state index in [0.29, 0.717) is 11.4 Å². The van der Waals surface area contributed by atoms with E-state index in [9.17, 15) is 8.42 Å². The third-order valence-electron chi connectivity index (χ3n) is 3.02. The highest BCUT2D eigenvalue weighted by Crippen LogP contribution is 2.31. The van der Waals surface area contributed by atoms with Crippen molar-refractivity contribution in [1.29, 1.82) is 0 Å². The first-order chi connectivity index (χ1) is 6.92. The monoisotopic (exact) mass is 225 g/mol. The van der Waals surface area contributed by atoms with Crippen molar-refractivity contribution < 1.29 is 8.42 Å². The Balaban J connectivity index is 2.74. The Morgan fingerprint density at radius 2 is 1.80 bits per heavy atom. The van der Waals surface area contributed by atoms with Crippen LogP contribution in [0.15, 0.2) is 17.0 Å². The zero-order valence-electron chi connectivity index (χ0n) is 9.24. The SMILES string of the molecule is Cc1cc2c(cc1C)S(=O)(=O)CCN2C. The van der Waals surface area contributed by atoms with Crippen molar-refractivity contribution in [2.45, 2.75) is 18.7 Å². The van der Waals surface area contributed by atoms with Crippen LogP contribution in [0, 0.1) is 13.8 Å². The molecule has 0 aliphatic carbocycles. The van der Waals surface area contributed by atoms with Gasteiger partial charge in [0.2, 0.25) is 0 Å². The second-order valence-corrected chi connectivity index (χ2v) is 6.22. The number of aryl methyl sites for hydroxylation is 2. The van der Waals surface area contributed by atoms with E-state index < -0.39 is 9.84 Å². The summed E-state index contributed by atoms with van der Waals surface area (Å²) in [5, 5.41) is 0. The van der Waals surface area contributed by atoms with E-state index in [-0.39, 0.29) is 5.75 Å². The third-order valence-corrected chi connectivity index (χ3v) is 4.73. The fourth-order valence-corrected chi connectivity index (χ4v) is 3.43. The lowest BCUT2D eigenvalue weighted by Crippen LogP contribution is -2.32. The van der Waals surface area contributed by atoms with Gasteiger partial charge in [-0.2, -0.15) is 0 Å². The maximum atomic E-state index is 11.9. The highest BCUT2D eigenvalue weighted by Gasteiger charge is 2.26. The van der Waals surface area contributed by atoms with Crippen LogP contribution in [-0.4, -0.2) is 27.8 Å². The topological polar surface area (TPSA) is 37.4 Å². The van der Waals surface area contributed by atoms with Gasteiger partial charge in [-0.25, -0.2) is 8.42 Å². The maximum absolute atomic E-state index is 11.9. The second-order valence-electron chi connectivity index (χ2n) is 4.14. The molecule has 0 atom stereocenters. The Morgan fingerprint density at radius 1 is 1.20 bits per heavy atom. The summed E-state index contributed by atoms with van der Waals surface area (Å²) in [6.07, 6.45) is 0. The summed E-state index contributed by atoms with van der Waals surface area (Å²) < 4.78 is 23.7. The Bertz CT molecular complexity index is 506. The van der Waals surface area contributed by atoms with E-state index >= 15 is 0 Å². The molecule has 2 rings (SSSR count). The maximum Gasteiger partial charge on any atom is 0.182 e. The van der Waals surface area contributed by atoms with Crippen molar-refractivity contribution in [3.63, 3.8) is 0 Å². The van der Waals surface area contributed by atoms with Gasteiger partial charge in [0.05, 0.1) is 16.3 Å². The molecule has 1 aromatic rings. The fraction of sp³-hybridized carbons (Fsp3) is 0.455. The lowest BCUT2D eigenvalue weighted by Gasteiger charge is -2.28. The molecule has 0 spiro atoms. The first-order valence-corrected chi connectivity index (χ1v) is 6.62. The van der Waals surface area contributed by atoms with Crippen LogP contribution in [0.4, 0.5) is 5.69 Å². The van der Waals surface area contributed by atoms with Gasteiger partial charge >= 0.3 is 0 Å². The molecule has 0 bridgehead atoms. The predicted octanol–water partition coefficient (Wildman–Crippen LogP) is 1.53. The zero-order valence-corrected chi connectivity index (χ0v) is 10.1. The fourth-order valence-electron chi connectivity index (χ4n) is 1.81. The summed E-state index contributed by atoms with van der Waals surface area (Å²) in [5.41, 5.74) is 3.01. The van der Waals surface area contributed by atoms with Gasteiger partial charge in [0.25, 0.3) is 0 Å². The summed E-state index contributed by atoms with van der Waals surface area (Å²) in [4.78, 5) is 2.49. The highest BCUT2D eigenvalue weighted by atomic mass is 32.2. The molecule has 0 saturated heterocycles. The zero-order chi connectivity index (χ0) is 11.2. The second kappa shape index (κ2) is 3.23. The highest BCUT2D eigenvalue weighted by molar-refractivity contribution is 7.91. The molecule has 82 valence electrons. The number of hydrogen-bond acceptors (Lipinski definition) is 3. The van der Waals surface area contributed by atoms with Crippen molar-refractivity contribution in [1.82, 2.24) is 0 Å². The Labute approximate surface area is 90.6 Å². The van der Waals surface area contributed by atoms with Crippen LogP contribution in [0.25, 0.3) is 0 Å². The quantitative estimate of drug-likeness (QED) is 0.672. The first-order valence-electron chi connectivity index (χ1n) is 4.97. The van der Waals surface area contributed by atoms with Crippen LogP contribution >= 0.6 is 0 Å². The van der Waals surface area contributed by atoms with Gasteiger partial charge < -0.3 is 4.90 Å².